The van der Waals surface area contributed by atoms with Crippen LogP contribution in [0.4, 0.5) is 26.1 Å². The molecule has 0 bridgehead atoms. The number of hydrogen-bond acceptors (Lipinski definition) is 5. The molecule has 0 fully saturated rings. The molecule has 5 nitrogen and oxygen atoms in total. The van der Waals surface area contributed by atoms with E-state index in [1.165, 1.54) is 18.5 Å². The van der Waals surface area contributed by atoms with Gasteiger partial charge in [0.05, 0.1) is 0 Å². The van der Waals surface area contributed by atoms with Crippen LogP contribution in [0.25, 0.3) is 0 Å². The first kappa shape index (κ1) is 14.0. The van der Waals surface area contributed by atoms with E-state index >= 15 is 0 Å². The lowest BCUT2D eigenvalue weighted by molar-refractivity contribution is -0.0498. The average molecular weight is 280 g/mol. The minimum atomic E-state index is -2.82. The quantitative estimate of drug-likeness (QED) is 0.850. The highest BCUT2D eigenvalue weighted by atomic mass is 19.3. The zero-order valence-corrected chi connectivity index (χ0v) is 10.8. The van der Waals surface area contributed by atoms with Gasteiger partial charge in [0.25, 0.3) is 0 Å². The van der Waals surface area contributed by atoms with Crippen molar-refractivity contribution in [3.05, 3.63) is 36.7 Å². The van der Waals surface area contributed by atoms with E-state index < -0.39 is 6.61 Å². The number of alkyl halides is 2. The van der Waals surface area contributed by atoms with Crippen LogP contribution in [0.15, 0.2) is 36.7 Å². The highest BCUT2D eigenvalue weighted by Crippen LogP contribution is 2.20. The van der Waals surface area contributed by atoms with Gasteiger partial charge in [0.15, 0.2) is 0 Å². The molecule has 1 heterocycles. The number of ether oxygens (including phenoxy) is 1. The first-order chi connectivity index (χ1) is 9.67. The van der Waals surface area contributed by atoms with Gasteiger partial charge in [0.1, 0.15) is 23.7 Å². The topological polar surface area (TPSA) is 59.1 Å². The minimum Gasteiger partial charge on any atom is -0.435 e. The fourth-order valence-corrected chi connectivity index (χ4v) is 1.57. The van der Waals surface area contributed by atoms with Crippen LogP contribution < -0.4 is 15.4 Å². The van der Waals surface area contributed by atoms with Gasteiger partial charge in [-0.25, -0.2) is 9.97 Å². The Morgan fingerprint density at radius 1 is 1.15 bits per heavy atom. The van der Waals surface area contributed by atoms with Gasteiger partial charge >= 0.3 is 6.61 Å². The summed E-state index contributed by atoms with van der Waals surface area (Å²) in [6, 6.07) is 7.94. The molecule has 0 saturated heterocycles. The normalized spacial score (nSPS) is 10.4. The number of nitrogens with one attached hydrogen (secondary N) is 2. The molecule has 106 valence electrons. The Hall–Kier alpha value is -2.44. The van der Waals surface area contributed by atoms with E-state index in [-0.39, 0.29) is 5.75 Å². The fourth-order valence-electron chi connectivity index (χ4n) is 1.57. The van der Waals surface area contributed by atoms with Gasteiger partial charge in [-0.3, -0.25) is 0 Å². The van der Waals surface area contributed by atoms with Gasteiger partial charge in [0, 0.05) is 18.3 Å². The zero-order chi connectivity index (χ0) is 14.4. The Labute approximate surface area is 115 Å². The largest absolute Gasteiger partial charge is 0.435 e. The Kier molecular flexibility index (Phi) is 4.65. The van der Waals surface area contributed by atoms with Crippen LogP contribution in [-0.4, -0.2) is 23.1 Å². The van der Waals surface area contributed by atoms with Gasteiger partial charge < -0.3 is 15.4 Å². The third-order valence-corrected chi connectivity index (χ3v) is 2.38. The van der Waals surface area contributed by atoms with Crippen molar-refractivity contribution in [2.24, 2.45) is 0 Å². The summed E-state index contributed by atoms with van der Waals surface area (Å²) < 4.78 is 28.3. The monoisotopic (exact) mass is 280 g/mol. The van der Waals surface area contributed by atoms with Gasteiger partial charge in [0.2, 0.25) is 0 Å². The number of nitrogens with zero attached hydrogens (tertiary/aromatic N) is 2. The summed E-state index contributed by atoms with van der Waals surface area (Å²) in [5.41, 5.74) is 0.716. The molecule has 0 aliphatic heterocycles. The predicted molar refractivity (Wildman–Crippen MR) is 72.6 cm³/mol. The van der Waals surface area contributed by atoms with Crippen LogP contribution in [0.2, 0.25) is 0 Å². The van der Waals surface area contributed by atoms with Crippen LogP contribution in [0.1, 0.15) is 6.92 Å². The lowest BCUT2D eigenvalue weighted by atomic mass is 10.3. The molecule has 0 radical (unpaired) electrons. The molecule has 2 N–H and O–H groups in total. The fraction of sp³-hybridized carbons (Fsp3) is 0.231. The highest BCUT2D eigenvalue weighted by molar-refractivity contribution is 5.59. The molecule has 2 aromatic rings. The number of hydrogen-bond donors (Lipinski definition) is 2. The number of aromatic nitrogens is 2. The third-order valence-electron chi connectivity index (χ3n) is 2.38. The lowest BCUT2D eigenvalue weighted by Crippen LogP contribution is -2.02. The smallest absolute Gasteiger partial charge is 0.387 e. The highest BCUT2D eigenvalue weighted by Gasteiger charge is 2.04. The van der Waals surface area contributed by atoms with Gasteiger partial charge in [-0.15, -0.1) is 0 Å². The Morgan fingerprint density at radius 3 is 2.50 bits per heavy atom. The molecule has 0 aliphatic rings. The first-order valence-corrected chi connectivity index (χ1v) is 6.05. The maximum absolute atomic E-state index is 12.0. The second-order valence-corrected chi connectivity index (χ2v) is 3.85. The Balaban J connectivity index is 2.04. The van der Waals surface area contributed by atoms with Crippen molar-refractivity contribution in [3.8, 4) is 5.75 Å². The van der Waals surface area contributed by atoms with Crippen LogP contribution in [0, 0.1) is 0 Å². The molecule has 0 amide bonds. The summed E-state index contributed by atoms with van der Waals surface area (Å²) in [7, 11) is 0. The average Bonchev–Trinajstić information content (AvgIpc) is 2.41. The molecule has 0 spiro atoms. The number of anilines is 3. The van der Waals surface area contributed by atoms with Crippen molar-refractivity contribution in [1.29, 1.82) is 0 Å². The number of benzene rings is 1. The molecule has 0 saturated carbocycles. The van der Waals surface area contributed by atoms with Crippen molar-refractivity contribution in [2.45, 2.75) is 13.5 Å². The molecule has 0 unspecified atom stereocenters. The van der Waals surface area contributed by atoms with Gasteiger partial charge in [-0.1, -0.05) is 0 Å². The van der Waals surface area contributed by atoms with Crippen LogP contribution >= 0.6 is 0 Å². The van der Waals surface area contributed by atoms with Crippen molar-refractivity contribution >= 4 is 17.3 Å². The SMILES string of the molecule is CCNc1cc(Nc2ccc(OC(F)F)cc2)ncn1. The summed E-state index contributed by atoms with van der Waals surface area (Å²) in [4.78, 5) is 8.13. The summed E-state index contributed by atoms with van der Waals surface area (Å²) in [5.74, 6) is 1.43. The van der Waals surface area contributed by atoms with Gasteiger partial charge in [-0.05, 0) is 31.2 Å². The maximum atomic E-state index is 12.0. The van der Waals surface area contributed by atoms with E-state index in [1.807, 2.05) is 6.92 Å². The van der Waals surface area contributed by atoms with E-state index in [1.54, 1.807) is 18.2 Å². The van der Waals surface area contributed by atoms with Crippen LogP contribution in [0.5, 0.6) is 5.75 Å². The van der Waals surface area contributed by atoms with Crippen molar-refractivity contribution in [2.75, 3.05) is 17.2 Å². The molecule has 0 atom stereocenters. The van der Waals surface area contributed by atoms with E-state index in [9.17, 15) is 8.78 Å². The van der Waals surface area contributed by atoms with E-state index in [2.05, 4.69) is 25.3 Å². The molecule has 7 heteroatoms. The summed E-state index contributed by atoms with van der Waals surface area (Å²) in [6.07, 6.45) is 1.44. The first-order valence-electron chi connectivity index (χ1n) is 6.05. The molecular weight excluding hydrogens is 266 g/mol. The zero-order valence-electron chi connectivity index (χ0n) is 10.8. The lowest BCUT2D eigenvalue weighted by Gasteiger charge is -2.09. The molecule has 1 aromatic heterocycles. The van der Waals surface area contributed by atoms with Crippen LogP contribution in [-0.2, 0) is 0 Å². The second kappa shape index (κ2) is 6.65. The van der Waals surface area contributed by atoms with Crippen LogP contribution in [0.3, 0.4) is 0 Å². The summed E-state index contributed by atoms with van der Waals surface area (Å²) in [6.45, 7) is -0.0917. The van der Waals surface area contributed by atoms with E-state index in [4.69, 9.17) is 0 Å². The molecule has 2 rings (SSSR count). The second-order valence-electron chi connectivity index (χ2n) is 3.85. The molecular formula is C13H14F2N4O. The molecule has 0 aliphatic carbocycles. The van der Waals surface area contributed by atoms with E-state index in [0.29, 0.717) is 17.3 Å². The van der Waals surface area contributed by atoms with Crippen molar-refractivity contribution < 1.29 is 13.5 Å². The number of rotatable bonds is 6. The van der Waals surface area contributed by atoms with Crippen molar-refractivity contribution in [1.82, 2.24) is 9.97 Å². The summed E-state index contributed by atoms with van der Waals surface area (Å²) >= 11 is 0. The molecule has 1 aromatic carbocycles. The van der Waals surface area contributed by atoms with Gasteiger partial charge in [-0.2, -0.15) is 8.78 Å². The Bertz CT molecular complexity index is 548. The van der Waals surface area contributed by atoms with E-state index in [0.717, 1.165) is 6.54 Å². The standard InChI is InChI=1S/C13H14F2N4O/c1-2-16-11-7-12(18-8-17-11)19-9-3-5-10(6-4-9)20-13(14)15/h3-8,13H,2H2,1H3,(H2,16,17,18,19). The van der Waals surface area contributed by atoms with Crippen molar-refractivity contribution in [3.63, 3.8) is 0 Å². The minimum absolute atomic E-state index is 0.113. The maximum Gasteiger partial charge on any atom is 0.387 e. The Morgan fingerprint density at radius 2 is 1.85 bits per heavy atom. The summed E-state index contributed by atoms with van der Waals surface area (Å²) in [5, 5.41) is 6.12. The number of halogens is 2. The predicted octanol–water partition coefficient (Wildman–Crippen LogP) is 3.25. The third kappa shape index (κ3) is 4.04. The molecule has 20 heavy (non-hydrogen) atoms.